The van der Waals surface area contributed by atoms with Crippen LogP contribution in [0.15, 0.2) is 72.8 Å². The highest BCUT2D eigenvalue weighted by Gasteiger charge is 2.51. The smallest absolute Gasteiger partial charge is 0.315 e. The molecule has 8 nitrogen and oxygen atoms in total. The molecule has 260 valence electrons. The van der Waals surface area contributed by atoms with E-state index in [1.807, 2.05) is 24.3 Å². The van der Waals surface area contributed by atoms with Crippen molar-refractivity contribution in [3.63, 3.8) is 0 Å². The minimum Gasteiger partial charge on any atom is -0.395 e. The van der Waals surface area contributed by atoms with E-state index in [4.69, 9.17) is 9.47 Å². The number of aliphatic hydroxyl groups is 2. The van der Waals surface area contributed by atoms with E-state index in [2.05, 4.69) is 64.1 Å². The van der Waals surface area contributed by atoms with Crippen molar-refractivity contribution in [1.82, 2.24) is 15.5 Å². The Morgan fingerprint density at radius 3 is 2.22 bits per heavy atom. The summed E-state index contributed by atoms with van der Waals surface area (Å²) in [5.41, 5.74) is 6.19. The molecule has 3 aromatic rings. The van der Waals surface area contributed by atoms with Gasteiger partial charge in [0.25, 0.3) is 0 Å². The Morgan fingerprint density at radius 1 is 0.816 bits per heavy atom. The maximum absolute atomic E-state index is 13.1. The van der Waals surface area contributed by atoms with E-state index < -0.39 is 6.29 Å². The maximum Gasteiger partial charge on any atom is 0.315 e. The second-order valence-corrected chi connectivity index (χ2v) is 15.7. The monoisotopic (exact) mass is 665 g/mol. The Labute approximate surface area is 290 Å². The van der Waals surface area contributed by atoms with Gasteiger partial charge in [-0.25, -0.2) is 4.79 Å². The molecule has 0 unspecified atom stereocenters. The molecule has 4 bridgehead atoms. The Bertz CT molecular complexity index is 1560. The van der Waals surface area contributed by atoms with Crippen LogP contribution in [0.4, 0.5) is 4.79 Å². The molecule has 2 heterocycles. The molecule has 4 N–H and O–H groups in total. The van der Waals surface area contributed by atoms with Gasteiger partial charge < -0.3 is 30.3 Å². The topological polar surface area (TPSA) is 103 Å². The van der Waals surface area contributed by atoms with E-state index in [9.17, 15) is 15.0 Å². The molecule has 2 amide bonds. The van der Waals surface area contributed by atoms with Crippen LogP contribution >= 0.6 is 0 Å². The lowest BCUT2D eigenvalue weighted by molar-refractivity contribution is -0.253. The van der Waals surface area contributed by atoms with Crippen molar-refractivity contribution in [2.45, 2.75) is 101 Å². The standard InChI is InChI=1S/C41H51N3O5/c45-25-27-6-8-33(9-7-27)38-19-37(24-44-14-2-5-36(44)26-46)48-39(49-38)34-12-10-32(11-13-34)35-4-1-3-28(18-35)23-42-40(47)43-41-20-29-15-30(21-41)17-31(16-29)22-41/h1,3-4,6-13,18,29-31,36-39,45-46H,2,5,14-17,19-26H2,(H2,42,43,47)/t29?,30?,31?,36-,37-,38+,39+,41?/m0/s1. The number of nitrogens with zero attached hydrogens (tertiary/aromatic N) is 1. The summed E-state index contributed by atoms with van der Waals surface area (Å²) in [6.45, 7) is 2.41. The Morgan fingerprint density at radius 2 is 1.53 bits per heavy atom. The van der Waals surface area contributed by atoms with E-state index in [-0.39, 0.29) is 43.0 Å². The normalized spacial score (nSPS) is 32.3. The maximum atomic E-state index is 13.1. The zero-order chi connectivity index (χ0) is 33.4. The fourth-order valence-electron chi connectivity index (χ4n) is 10.1. The number of likely N-dealkylation sites (tertiary alicyclic amines) is 1. The van der Waals surface area contributed by atoms with Crippen LogP contribution < -0.4 is 10.6 Å². The third-order valence-electron chi connectivity index (χ3n) is 12.1. The number of nitrogens with one attached hydrogen (secondary N) is 2. The highest BCUT2D eigenvalue weighted by molar-refractivity contribution is 5.75. The minimum absolute atomic E-state index is 0.00872. The van der Waals surface area contributed by atoms with Crippen molar-refractivity contribution in [3.8, 4) is 11.1 Å². The molecule has 9 rings (SSSR count). The van der Waals surface area contributed by atoms with Crippen LogP contribution in [0.1, 0.15) is 92.4 Å². The molecule has 8 heteroatoms. The summed E-state index contributed by atoms with van der Waals surface area (Å²) < 4.78 is 13.2. The third-order valence-corrected chi connectivity index (χ3v) is 12.1. The number of benzene rings is 3. The molecule has 3 aromatic carbocycles. The van der Waals surface area contributed by atoms with Crippen LogP contribution in [0.3, 0.4) is 0 Å². The highest BCUT2D eigenvalue weighted by atomic mass is 16.7. The van der Waals surface area contributed by atoms with Gasteiger partial charge in [-0.3, -0.25) is 4.90 Å². The summed E-state index contributed by atoms with van der Waals surface area (Å²) in [6.07, 6.45) is 9.67. The van der Waals surface area contributed by atoms with Gasteiger partial charge in [0.15, 0.2) is 6.29 Å². The fourth-order valence-corrected chi connectivity index (χ4v) is 10.1. The molecule has 4 atom stereocenters. The molecular weight excluding hydrogens is 614 g/mol. The Balaban J connectivity index is 0.924. The largest absolute Gasteiger partial charge is 0.395 e. The van der Waals surface area contributed by atoms with Gasteiger partial charge in [-0.1, -0.05) is 66.7 Å². The first kappa shape index (κ1) is 32.9. The molecule has 49 heavy (non-hydrogen) atoms. The first-order chi connectivity index (χ1) is 23.9. The summed E-state index contributed by atoms with van der Waals surface area (Å²) in [6, 6.07) is 24.9. The summed E-state index contributed by atoms with van der Waals surface area (Å²) in [5.74, 6) is 2.40. The van der Waals surface area contributed by atoms with Gasteiger partial charge in [0.05, 0.1) is 25.4 Å². The van der Waals surface area contributed by atoms with Crippen molar-refractivity contribution < 1.29 is 24.5 Å². The third kappa shape index (κ3) is 7.31. The predicted molar refractivity (Wildman–Crippen MR) is 188 cm³/mol. The average Bonchev–Trinajstić information content (AvgIpc) is 3.57. The van der Waals surface area contributed by atoms with Gasteiger partial charge >= 0.3 is 6.03 Å². The minimum atomic E-state index is -0.520. The SMILES string of the molecule is O=C(NCc1cccc(-c2ccc([C@@H]3O[C@H](CN4CCC[C@H]4CO)C[C@H](c4ccc(CO)cc4)O3)cc2)c1)NC12CC3CC(CC(C3)C1)C2. The number of aliphatic hydroxyl groups excluding tert-OH is 2. The summed E-state index contributed by atoms with van der Waals surface area (Å²) in [7, 11) is 0. The second kappa shape index (κ2) is 14.2. The Kier molecular flexibility index (Phi) is 9.51. The molecule has 6 fully saturated rings. The Hall–Kier alpha value is -3.27. The predicted octanol–water partition coefficient (Wildman–Crippen LogP) is 6.62. The molecule has 0 radical (unpaired) electrons. The zero-order valence-electron chi connectivity index (χ0n) is 28.4. The number of ether oxygens (including phenoxy) is 2. The van der Waals surface area contributed by atoms with E-state index in [1.165, 1.54) is 19.3 Å². The van der Waals surface area contributed by atoms with Crippen molar-refractivity contribution in [3.05, 3.63) is 95.1 Å². The van der Waals surface area contributed by atoms with Crippen LogP contribution in [-0.4, -0.2) is 58.5 Å². The first-order valence-corrected chi connectivity index (χ1v) is 18.5. The second-order valence-electron chi connectivity index (χ2n) is 15.7. The number of carbonyl (C=O) groups excluding carboxylic acids is 1. The fraction of sp³-hybridized carbons (Fsp3) is 0.537. The lowest BCUT2D eigenvalue weighted by Gasteiger charge is -2.56. The number of amides is 2. The van der Waals surface area contributed by atoms with E-state index in [0.29, 0.717) is 6.54 Å². The van der Waals surface area contributed by atoms with Gasteiger partial charge in [0.2, 0.25) is 0 Å². The molecule has 6 aliphatic rings. The van der Waals surface area contributed by atoms with Crippen LogP contribution in [0.5, 0.6) is 0 Å². The van der Waals surface area contributed by atoms with Crippen molar-refractivity contribution in [2.24, 2.45) is 17.8 Å². The quantitative estimate of drug-likeness (QED) is 0.194. The summed E-state index contributed by atoms with van der Waals surface area (Å²) in [5, 5.41) is 26.0. The van der Waals surface area contributed by atoms with E-state index >= 15 is 0 Å². The molecule has 2 saturated heterocycles. The zero-order valence-corrected chi connectivity index (χ0v) is 28.4. The number of hydrogen-bond acceptors (Lipinski definition) is 6. The van der Waals surface area contributed by atoms with Crippen molar-refractivity contribution in [2.75, 3.05) is 19.7 Å². The molecular formula is C41H51N3O5. The average molecular weight is 666 g/mol. The van der Waals surface area contributed by atoms with Crippen molar-refractivity contribution >= 4 is 6.03 Å². The van der Waals surface area contributed by atoms with E-state index in [1.54, 1.807) is 0 Å². The molecule has 4 saturated carbocycles. The van der Waals surface area contributed by atoms with Gasteiger partial charge in [0, 0.05) is 36.7 Å². The number of carbonyl (C=O) groups is 1. The van der Waals surface area contributed by atoms with Gasteiger partial charge in [-0.15, -0.1) is 0 Å². The van der Waals surface area contributed by atoms with Crippen LogP contribution in [0.2, 0.25) is 0 Å². The summed E-state index contributed by atoms with van der Waals surface area (Å²) >= 11 is 0. The lowest BCUT2D eigenvalue weighted by atomic mass is 9.53. The first-order valence-electron chi connectivity index (χ1n) is 18.5. The van der Waals surface area contributed by atoms with Gasteiger partial charge in [-0.05, 0) is 110 Å². The van der Waals surface area contributed by atoms with Gasteiger partial charge in [0.1, 0.15) is 0 Å². The molecule has 0 spiro atoms. The number of hydrogen-bond donors (Lipinski definition) is 4. The summed E-state index contributed by atoms with van der Waals surface area (Å²) in [4.78, 5) is 15.4. The molecule has 0 aromatic heterocycles. The lowest BCUT2D eigenvalue weighted by Crippen LogP contribution is -2.61. The van der Waals surface area contributed by atoms with Crippen LogP contribution in [-0.2, 0) is 22.6 Å². The number of urea groups is 1. The van der Waals surface area contributed by atoms with Crippen LogP contribution in [0, 0.1) is 17.8 Å². The molecule has 4 aliphatic carbocycles. The van der Waals surface area contributed by atoms with Crippen molar-refractivity contribution in [1.29, 1.82) is 0 Å². The molecule has 2 aliphatic heterocycles. The van der Waals surface area contributed by atoms with Gasteiger partial charge in [-0.2, -0.15) is 0 Å². The van der Waals surface area contributed by atoms with Crippen LogP contribution in [0.25, 0.3) is 11.1 Å². The number of rotatable bonds is 10. The highest BCUT2D eigenvalue weighted by Crippen LogP contribution is 2.55. The van der Waals surface area contributed by atoms with E-state index in [0.717, 1.165) is 103 Å².